The van der Waals surface area contributed by atoms with Crippen molar-refractivity contribution >= 4 is 111 Å². The summed E-state index contributed by atoms with van der Waals surface area (Å²) in [6, 6.07) is -10.0. The van der Waals surface area contributed by atoms with Crippen LogP contribution in [0.4, 0.5) is 0 Å². The molecule has 5 heterocycles. The van der Waals surface area contributed by atoms with Gasteiger partial charge in [-0.25, -0.2) is 9.78 Å². The second-order valence-corrected chi connectivity index (χ2v) is 28.2. The summed E-state index contributed by atoms with van der Waals surface area (Å²) in [5.41, 5.74) is 0.872. The van der Waals surface area contributed by atoms with Gasteiger partial charge in [-0.3, -0.25) is 76.8 Å². The predicted molar refractivity (Wildman–Crippen MR) is 380 cm³/mol. The Morgan fingerprint density at radius 2 is 1.35 bits per heavy atom. The maximum absolute atomic E-state index is 15.1. The Bertz CT molecular complexity index is 3840. The fourth-order valence-electron chi connectivity index (χ4n) is 11.7. The number of nitrogens with one attached hydrogen (secondary N) is 14. The molecule has 3 aromatic heterocycles. The molecule has 7 rings (SSSR count). The minimum absolute atomic E-state index is 0.0467. The monoisotopic (exact) mass is 1510 g/mol. The van der Waals surface area contributed by atoms with Crippen LogP contribution in [0.3, 0.4) is 0 Å². The zero-order valence-electron chi connectivity index (χ0n) is 59.8. The van der Waals surface area contributed by atoms with Crippen molar-refractivity contribution in [2.75, 3.05) is 25.1 Å². The van der Waals surface area contributed by atoms with Crippen LogP contribution in [0.15, 0.2) is 55.2 Å². The average Bonchev–Trinajstić information content (AvgIpc) is 1.65. The van der Waals surface area contributed by atoms with Crippen molar-refractivity contribution in [2.24, 2.45) is 11.8 Å². The number of benzene rings is 1. The van der Waals surface area contributed by atoms with Gasteiger partial charge in [-0.05, 0) is 108 Å². The molecule has 3 aliphatic rings. The number of imidazole rings is 1. The number of aliphatic carboxylic acids is 3. The van der Waals surface area contributed by atoms with Crippen molar-refractivity contribution < 1.29 is 92.3 Å². The van der Waals surface area contributed by atoms with Crippen LogP contribution in [0.2, 0.25) is 0 Å². The van der Waals surface area contributed by atoms with Crippen LogP contribution in [0.25, 0.3) is 10.8 Å². The Balaban J connectivity index is 1.33. The second kappa shape index (κ2) is 40.7. The molecule has 4 bridgehead atoms. The number of amides is 12. The average molecular weight is 1510 g/mol. The number of carbonyl (C=O) groups excluding carboxylic acids is 12. The topological polar surface area (TPSA) is 566 Å². The van der Waals surface area contributed by atoms with Gasteiger partial charge >= 0.3 is 17.9 Å². The number of aliphatic hydroxyl groups is 1. The van der Waals surface area contributed by atoms with Crippen LogP contribution >= 0.6 is 11.8 Å². The molecule has 1 saturated carbocycles. The largest absolute Gasteiger partial charge is 0.481 e. The summed E-state index contributed by atoms with van der Waals surface area (Å²) in [4.78, 5) is 222. The van der Waals surface area contributed by atoms with Crippen molar-refractivity contribution in [1.82, 2.24) is 99.1 Å². The number of likely N-dealkylation sites (N-methyl/N-ethyl adjacent to an activating group) is 1. The van der Waals surface area contributed by atoms with E-state index >= 15 is 4.79 Å². The molecule has 1 fully saturated rings. The highest BCUT2D eigenvalue weighted by Crippen LogP contribution is 2.33. The van der Waals surface area contributed by atoms with Crippen LogP contribution in [-0.2, 0) is 97.7 Å². The van der Waals surface area contributed by atoms with Crippen LogP contribution in [-0.4, -0.2) is 243 Å². The summed E-state index contributed by atoms with van der Waals surface area (Å²) in [5.74, 6) is -17.4. The van der Waals surface area contributed by atoms with Crippen molar-refractivity contribution in [2.45, 2.75) is 209 Å². The number of fused-ring (bicyclic) bond motifs is 7. The lowest BCUT2D eigenvalue weighted by Crippen LogP contribution is -2.61. The molecule has 1 aromatic carbocycles. The molecular weight excluding hydrogens is 1420 g/mol. The molecule has 18 N–H and O–H groups in total. The normalized spacial score (nSPS) is 24.6. The van der Waals surface area contributed by atoms with E-state index in [4.69, 9.17) is 0 Å². The third-order valence-corrected chi connectivity index (χ3v) is 19.2. The highest BCUT2D eigenvalue weighted by molar-refractivity contribution is 7.99. The number of thioether (sulfide) groups is 1. The summed E-state index contributed by atoms with van der Waals surface area (Å²) in [5, 5.41) is 83.3. The van der Waals surface area contributed by atoms with Gasteiger partial charge in [0.25, 0.3) is 0 Å². The third-order valence-electron chi connectivity index (χ3n) is 18.1. The van der Waals surface area contributed by atoms with Gasteiger partial charge in [0, 0.05) is 73.3 Å². The van der Waals surface area contributed by atoms with Gasteiger partial charge in [0.2, 0.25) is 70.9 Å². The Kier molecular flexibility index (Phi) is 31.8. The van der Waals surface area contributed by atoms with Gasteiger partial charge in [-0.15, -0.1) is 5.10 Å². The van der Waals surface area contributed by atoms with Crippen LogP contribution in [0, 0.1) is 11.8 Å². The molecule has 2 aliphatic heterocycles. The SMILES string of the molecule is CN[C@@H](CCC(=O)O)C(=O)N[C@H]1CSCC[C@@H](C(=O)N[C@H](C(=O)O)C(C)O)NC(=O)[C@H](Cc2cc3ccccc3cn2)NC(=O)[C@H](C(C)C)NC(=O)[C@@H]2CCCCn3cc(nn3)CC[C@H](NC(=O)[C@H](C)NC1=O)C(=O)N[C@@H](Cc1cnc[nH]1)C(=O)N[C@@H](CC1CC1)C(=O)NCC(=O)N[C@@H](CCC(=O)O)C(=O)N2. The van der Waals surface area contributed by atoms with Gasteiger partial charge < -0.3 is 94.5 Å². The lowest BCUT2D eigenvalue weighted by molar-refractivity contribution is -0.145. The summed E-state index contributed by atoms with van der Waals surface area (Å²) >= 11 is 0.907. The van der Waals surface area contributed by atoms with Crippen LogP contribution < -0.4 is 69.1 Å². The zero-order valence-corrected chi connectivity index (χ0v) is 60.7. The lowest BCUT2D eigenvalue weighted by Gasteiger charge is -2.29. The molecule has 39 heteroatoms. The minimum Gasteiger partial charge on any atom is -0.481 e. The number of rotatable bonds is 20. The van der Waals surface area contributed by atoms with E-state index in [-0.39, 0.29) is 87.4 Å². The summed E-state index contributed by atoms with van der Waals surface area (Å²) in [6.45, 7) is 4.77. The molecule has 1 unspecified atom stereocenters. The number of nitrogens with zero attached hydrogens (tertiary/aromatic N) is 5. The summed E-state index contributed by atoms with van der Waals surface area (Å²) in [7, 11) is 1.38. The van der Waals surface area contributed by atoms with E-state index in [9.17, 15) is 87.5 Å². The molecule has 4 aromatic rings. The number of aryl methyl sites for hydroxylation is 2. The van der Waals surface area contributed by atoms with Gasteiger partial charge in [0.15, 0.2) is 6.04 Å². The van der Waals surface area contributed by atoms with Crippen molar-refractivity contribution in [3.05, 3.63) is 72.3 Å². The molecule has 38 nitrogen and oxygen atoms in total. The summed E-state index contributed by atoms with van der Waals surface area (Å²) < 4.78 is 1.44. The van der Waals surface area contributed by atoms with Gasteiger partial charge in [-0.1, -0.05) is 56.2 Å². The molecule has 107 heavy (non-hydrogen) atoms. The van der Waals surface area contributed by atoms with E-state index in [2.05, 4.69) is 94.4 Å². The first-order valence-electron chi connectivity index (χ1n) is 35.4. The minimum atomic E-state index is -1.93. The number of hydrogen-bond acceptors (Lipinski definition) is 22. The van der Waals surface area contributed by atoms with E-state index in [1.807, 2.05) is 0 Å². The number of pyridine rings is 1. The standard InChI is InChI=1S/C68H95N19O19S/c1-34(2)55-67(104)81-49(26-41-25-38-10-6-7-11-39(38)28-71-41)64(101)78-47(63(100)84-56(36(4)88)68(105)106)21-23-107-32-51(82-59(96)43(69-5)17-19-53(90)91)66(103)74-35(3)57(94)76-46-16-15-40-31-87(86-85-40)22-9-8-12-44(62(99)83-55)77-60(97)45(18-20-54(92)93)75-52(89)30-72-58(95)48(24-37-13-14-37)79-65(102)50(80-61(46)98)27-42-29-70-33-73-42/h6-7,10-11,25,28-29,31,33-37,43-51,55-56,69,88H,8-9,12-24,26-27,30,32H2,1-5H3,(H,70,73)(H,72,95)(H,74,103)(H,75,89)(H,76,94)(H,77,97)(H,78,101)(H,79,102)(H,80,98)(H,81,104)(H,82,96)(H,83,99)(H,84,100)(H,90,91)(H,92,93)(H,105,106)/t35-,36?,43-,44-,45-,46-,47-,48-,49-,50-,51-,55-,56-/m0/s1. The first-order valence-corrected chi connectivity index (χ1v) is 36.5. The molecule has 0 saturated heterocycles. The fraction of sp³-hybridized carbons (Fsp3) is 0.574. The Hall–Kier alpha value is -10.7. The van der Waals surface area contributed by atoms with Crippen molar-refractivity contribution in [3.63, 3.8) is 0 Å². The number of H-pyrrole nitrogens is 1. The highest BCUT2D eigenvalue weighted by Gasteiger charge is 2.39. The quantitative estimate of drug-likeness (QED) is 0.0401. The lowest BCUT2D eigenvalue weighted by atomic mass is 10.00. The number of carboxylic acids is 3. The number of carbonyl (C=O) groups is 15. The van der Waals surface area contributed by atoms with E-state index in [0.29, 0.717) is 35.0 Å². The number of carboxylic acid groups (broad SMARTS) is 3. The van der Waals surface area contributed by atoms with E-state index in [1.165, 1.54) is 37.4 Å². The van der Waals surface area contributed by atoms with Crippen LogP contribution in [0.1, 0.15) is 122 Å². The zero-order chi connectivity index (χ0) is 78.0. The number of aromatic nitrogens is 6. The Labute approximate surface area is 618 Å². The molecular formula is C68H95N19O19S. The third kappa shape index (κ3) is 26.7. The molecule has 0 radical (unpaired) electrons. The molecule has 0 spiro atoms. The second-order valence-electron chi connectivity index (χ2n) is 27.1. The fourth-order valence-corrected chi connectivity index (χ4v) is 12.8. The van der Waals surface area contributed by atoms with Gasteiger partial charge in [0.05, 0.1) is 30.7 Å². The molecule has 12 amide bonds. The molecule has 1 aliphatic carbocycles. The number of aliphatic hydroxyl groups excluding tert-OH is 1. The predicted octanol–water partition coefficient (Wildman–Crippen LogP) is -4.00. The van der Waals surface area contributed by atoms with Gasteiger partial charge in [0.1, 0.15) is 60.4 Å². The maximum Gasteiger partial charge on any atom is 0.328 e. The van der Waals surface area contributed by atoms with Crippen LogP contribution in [0.5, 0.6) is 0 Å². The Morgan fingerprint density at radius 3 is 2.02 bits per heavy atom. The smallest absolute Gasteiger partial charge is 0.328 e. The maximum atomic E-state index is 15.1. The molecule has 13 atom stereocenters. The first kappa shape index (κ1) is 83.6. The van der Waals surface area contributed by atoms with Crippen molar-refractivity contribution in [3.8, 4) is 0 Å². The van der Waals surface area contributed by atoms with Crippen molar-refractivity contribution in [1.29, 1.82) is 0 Å². The van der Waals surface area contributed by atoms with Gasteiger partial charge in [-0.2, -0.15) is 11.8 Å². The highest BCUT2D eigenvalue weighted by atomic mass is 32.2. The summed E-state index contributed by atoms with van der Waals surface area (Å²) in [6.07, 6.45) is 2.41. The number of aromatic amines is 1. The van der Waals surface area contributed by atoms with E-state index in [1.54, 1.807) is 50.4 Å². The Morgan fingerprint density at radius 1 is 0.682 bits per heavy atom. The number of hydrogen-bond donors (Lipinski definition) is 18. The first-order chi connectivity index (χ1) is 50.9. The molecule has 582 valence electrons. The van der Waals surface area contributed by atoms with E-state index in [0.717, 1.165) is 18.7 Å². The van der Waals surface area contributed by atoms with E-state index < -0.39 is 206 Å².